The van der Waals surface area contributed by atoms with Crippen LogP contribution in [0, 0.1) is 0 Å². The molecule has 70 heavy (non-hydrogen) atoms. The van der Waals surface area contributed by atoms with Gasteiger partial charge in [0.2, 0.25) is 0 Å². The molecule has 328 valence electrons. The van der Waals surface area contributed by atoms with E-state index in [1.54, 1.807) is 0 Å². The van der Waals surface area contributed by atoms with Crippen LogP contribution in [0.5, 0.6) is 0 Å². The van der Waals surface area contributed by atoms with E-state index in [-0.39, 0.29) is 0 Å². The number of rotatable bonds is 8. The molecule has 1 aliphatic rings. The Hall–Kier alpha value is -8.76. The number of nitrogens with zero attached hydrogens (tertiary/aromatic N) is 2. The molecule has 0 saturated heterocycles. The Morgan fingerprint density at radius 3 is 1.66 bits per heavy atom. The fourth-order valence-corrected chi connectivity index (χ4v) is 12.7. The standard InChI is InChI=1S/C67H44N2S/c1-4-21-49(22-5-1)67(50-23-6-2-7-24-50)61-31-13-10-28-55(61)60-43-53(36-39-62(60)67)68(51-25-8-3-9-26-51)52-27-17-20-47(41-52)45-18-16-19-46(40-45)48-34-37-57-56-29-11-14-32-63(56)69(64(57)42-48)54-35-38-59-58-30-12-15-33-65(58)70-66(59)44-54/h1-44H. The monoisotopic (exact) mass is 908 g/mol. The lowest BCUT2D eigenvalue weighted by molar-refractivity contribution is 0.768. The fourth-order valence-electron chi connectivity index (χ4n) is 11.6. The van der Waals surface area contributed by atoms with Crippen LogP contribution in [0.3, 0.4) is 0 Å². The van der Waals surface area contributed by atoms with Gasteiger partial charge in [-0.15, -0.1) is 11.3 Å². The van der Waals surface area contributed by atoms with Crippen molar-refractivity contribution in [2.75, 3.05) is 4.90 Å². The minimum absolute atomic E-state index is 0.454. The van der Waals surface area contributed by atoms with Crippen molar-refractivity contribution >= 4 is 70.4 Å². The van der Waals surface area contributed by atoms with E-state index < -0.39 is 5.41 Å². The van der Waals surface area contributed by atoms with Gasteiger partial charge in [0.1, 0.15) is 0 Å². The summed E-state index contributed by atoms with van der Waals surface area (Å²) in [4.78, 5) is 2.41. The van der Waals surface area contributed by atoms with Crippen molar-refractivity contribution in [2.45, 2.75) is 5.41 Å². The lowest BCUT2D eigenvalue weighted by atomic mass is 9.68. The Kier molecular flexibility index (Phi) is 9.33. The van der Waals surface area contributed by atoms with Crippen molar-refractivity contribution in [3.63, 3.8) is 0 Å². The summed E-state index contributed by atoms with van der Waals surface area (Å²) in [6.07, 6.45) is 0. The van der Waals surface area contributed by atoms with Gasteiger partial charge >= 0.3 is 0 Å². The van der Waals surface area contributed by atoms with Gasteiger partial charge in [0.05, 0.1) is 16.4 Å². The van der Waals surface area contributed by atoms with Gasteiger partial charge in [-0.25, -0.2) is 0 Å². The number of anilines is 3. The minimum Gasteiger partial charge on any atom is -0.310 e. The first-order chi connectivity index (χ1) is 34.7. The van der Waals surface area contributed by atoms with Crippen LogP contribution in [0.25, 0.3) is 81.0 Å². The predicted octanol–water partition coefficient (Wildman–Crippen LogP) is 18.3. The molecule has 0 spiro atoms. The minimum atomic E-state index is -0.454. The van der Waals surface area contributed by atoms with Crippen molar-refractivity contribution in [3.05, 3.63) is 289 Å². The van der Waals surface area contributed by atoms with Gasteiger partial charge < -0.3 is 9.47 Å². The summed E-state index contributed by atoms with van der Waals surface area (Å²) in [5.74, 6) is 0. The Labute approximate surface area is 411 Å². The highest BCUT2D eigenvalue weighted by molar-refractivity contribution is 7.25. The van der Waals surface area contributed by atoms with E-state index in [9.17, 15) is 0 Å². The zero-order chi connectivity index (χ0) is 46.2. The van der Waals surface area contributed by atoms with Gasteiger partial charge in [0.25, 0.3) is 0 Å². The molecule has 14 rings (SSSR count). The van der Waals surface area contributed by atoms with E-state index in [4.69, 9.17) is 0 Å². The first-order valence-electron chi connectivity index (χ1n) is 24.1. The van der Waals surface area contributed by atoms with E-state index >= 15 is 0 Å². The third kappa shape index (κ3) is 6.25. The molecule has 0 bridgehead atoms. The molecule has 2 heterocycles. The molecule has 0 aliphatic heterocycles. The summed E-state index contributed by atoms with van der Waals surface area (Å²) in [7, 11) is 0. The summed E-state index contributed by atoms with van der Waals surface area (Å²) in [6, 6.07) is 98.5. The number of benzene rings is 11. The second kappa shape index (κ2) is 16.2. The zero-order valence-electron chi connectivity index (χ0n) is 38.2. The smallest absolute Gasteiger partial charge is 0.0713 e. The molecule has 0 saturated carbocycles. The third-order valence-corrected chi connectivity index (χ3v) is 15.8. The zero-order valence-corrected chi connectivity index (χ0v) is 39.0. The molecule has 3 heteroatoms. The largest absolute Gasteiger partial charge is 0.310 e. The molecule has 11 aromatic carbocycles. The summed E-state index contributed by atoms with van der Waals surface area (Å²) >= 11 is 1.87. The van der Waals surface area contributed by atoms with Crippen LogP contribution in [0.15, 0.2) is 267 Å². The normalized spacial score (nSPS) is 12.7. The molecular weight excluding hydrogens is 865 g/mol. The molecule has 0 fully saturated rings. The quantitative estimate of drug-likeness (QED) is 0.147. The van der Waals surface area contributed by atoms with Crippen LogP contribution in [0.2, 0.25) is 0 Å². The molecule has 2 aromatic heterocycles. The van der Waals surface area contributed by atoms with Gasteiger partial charge in [-0.1, -0.05) is 194 Å². The highest BCUT2D eigenvalue weighted by Crippen LogP contribution is 2.57. The van der Waals surface area contributed by atoms with Gasteiger partial charge in [-0.3, -0.25) is 0 Å². The number of hydrogen-bond donors (Lipinski definition) is 0. The summed E-state index contributed by atoms with van der Waals surface area (Å²) in [5, 5.41) is 5.14. The number of aromatic nitrogens is 1. The van der Waals surface area contributed by atoms with Crippen molar-refractivity contribution < 1.29 is 0 Å². The molecule has 0 atom stereocenters. The molecule has 13 aromatic rings. The maximum atomic E-state index is 2.45. The second-order valence-electron chi connectivity index (χ2n) is 18.4. The topological polar surface area (TPSA) is 8.17 Å². The fraction of sp³-hybridized carbons (Fsp3) is 0.0149. The van der Waals surface area contributed by atoms with Gasteiger partial charge in [0.15, 0.2) is 0 Å². The van der Waals surface area contributed by atoms with E-state index in [1.165, 1.54) is 97.7 Å². The Morgan fingerprint density at radius 1 is 0.314 bits per heavy atom. The lowest BCUT2D eigenvalue weighted by Crippen LogP contribution is -2.28. The highest BCUT2D eigenvalue weighted by atomic mass is 32.1. The van der Waals surface area contributed by atoms with Crippen LogP contribution in [0.1, 0.15) is 22.3 Å². The summed E-state index contributed by atoms with van der Waals surface area (Å²) in [5.41, 5.74) is 18.8. The molecule has 0 unspecified atom stereocenters. The Balaban J connectivity index is 0.873. The number of hydrogen-bond acceptors (Lipinski definition) is 2. The van der Waals surface area contributed by atoms with Crippen LogP contribution in [-0.2, 0) is 5.41 Å². The van der Waals surface area contributed by atoms with E-state index in [0.29, 0.717) is 0 Å². The van der Waals surface area contributed by atoms with Crippen molar-refractivity contribution in [1.82, 2.24) is 4.57 Å². The van der Waals surface area contributed by atoms with E-state index in [1.807, 2.05) is 11.3 Å². The van der Waals surface area contributed by atoms with Crippen LogP contribution in [0.4, 0.5) is 17.1 Å². The maximum Gasteiger partial charge on any atom is 0.0713 e. The average Bonchev–Trinajstić information content (AvgIpc) is 4.07. The van der Waals surface area contributed by atoms with Gasteiger partial charge in [0, 0.05) is 53.7 Å². The summed E-state index contributed by atoms with van der Waals surface area (Å²) in [6.45, 7) is 0. The molecular formula is C67H44N2S. The van der Waals surface area contributed by atoms with Gasteiger partial charge in [-0.2, -0.15) is 0 Å². The Bertz CT molecular complexity index is 4090. The van der Waals surface area contributed by atoms with Crippen molar-refractivity contribution in [3.8, 4) is 39.1 Å². The van der Waals surface area contributed by atoms with E-state index in [0.717, 1.165) is 22.6 Å². The highest BCUT2D eigenvalue weighted by Gasteiger charge is 2.46. The van der Waals surface area contributed by atoms with Gasteiger partial charge in [-0.05, 0) is 128 Å². The maximum absolute atomic E-state index is 2.45. The first-order valence-corrected chi connectivity index (χ1v) is 24.9. The third-order valence-electron chi connectivity index (χ3n) is 14.6. The predicted molar refractivity (Wildman–Crippen MR) is 297 cm³/mol. The molecule has 0 radical (unpaired) electrons. The van der Waals surface area contributed by atoms with Crippen LogP contribution in [-0.4, -0.2) is 4.57 Å². The van der Waals surface area contributed by atoms with Crippen LogP contribution >= 0.6 is 11.3 Å². The van der Waals surface area contributed by atoms with E-state index in [2.05, 4.69) is 276 Å². The van der Waals surface area contributed by atoms with Crippen LogP contribution < -0.4 is 4.90 Å². The number of fused-ring (bicyclic) bond motifs is 9. The molecule has 0 amide bonds. The molecule has 0 N–H and O–H groups in total. The SMILES string of the molecule is c1ccc(N(c2cccc(-c3cccc(-c4ccc5c6ccccc6n(-c6ccc7c(c6)sc6ccccc67)c5c4)c3)c2)c2ccc3c(c2)-c2ccccc2C3(c2ccccc2)c2ccccc2)cc1. The first kappa shape index (κ1) is 40.3. The average molecular weight is 909 g/mol. The number of para-hydroxylation sites is 2. The van der Waals surface area contributed by atoms with Crippen molar-refractivity contribution in [2.24, 2.45) is 0 Å². The lowest BCUT2D eigenvalue weighted by Gasteiger charge is -2.34. The number of thiophene rings is 1. The molecule has 2 nitrogen and oxygen atoms in total. The Morgan fingerprint density at radius 2 is 0.871 bits per heavy atom. The summed E-state index contributed by atoms with van der Waals surface area (Å²) < 4.78 is 5.07. The molecule has 1 aliphatic carbocycles. The van der Waals surface area contributed by atoms with Crippen molar-refractivity contribution in [1.29, 1.82) is 0 Å². The second-order valence-corrected chi connectivity index (χ2v) is 19.5.